The summed E-state index contributed by atoms with van der Waals surface area (Å²) in [5.41, 5.74) is 7.14. The molecule has 1 fully saturated rings. The van der Waals surface area contributed by atoms with Crippen molar-refractivity contribution in [2.24, 2.45) is 11.7 Å². The molecule has 2 rings (SSSR count). The summed E-state index contributed by atoms with van der Waals surface area (Å²) in [6.07, 6.45) is 2.71. The molecule has 2 unspecified atom stereocenters. The Morgan fingerprint density at radius 3 is 2.62 bits per heavy atom. The molecule has 2 amide bonds. The fourth-order valence-electron chi connectivity index (χ4n) is 2.61. The lowest BCUT2D eigenvalue weighted by molar-refractivity contribution is -0.120. The standard InChI is InChI=1S/C15H21N3O3/c1-9(19)17-13-7-6-10(8-14(13)21-2)18-15(20)11-4-3-5-12(11)16/h6-8,11-12H,3-5,16H2,1-2H3,(H,17,19)(H,18,20). The van der Waals surface area contributed by atoms with Gasteiger partial charge >= 0.3 is 0 Å². The van der Waals surface area contributed by atoms with E-state index in [1.807, 2.05) is 0 Å². The van der Waals surface area contributed by atoms with Gasteiger partial charge in [0, 0.05) is 24.7 Å². The van der Waals surface area contributed by atoms with E-state index in [9.17, 15) is 9.59 Å². The summed E-state index contributed by atoms with van der Waals surface area (Å²) in [5, 5.41) is 5.53. The van der Waals surface area contributed by atoms with Crippen LogP contribution in [0, 0.1) is 5.92 Å². The van der Waals surface area contributed by atoms with Crippen molar-refractivity contribution in [3.63, 3.8) is 0 Å². The number of hydrogen-bond donors (Lipinski definition) is 3. The average molecular weight is 291 g/mol. The first-order valence-electron chi connectivity index (χ1n) is 7.03. The quantitative estimate of drug-likeness (QED) is 0.787. The highest BCUT2D eigenvalue weighted by atomic mass is 16.5. The summed E-state index contributed by atoms with van der Waals surface area (Å²) in [5.74, 6) is 0.126. The topological polar surface area (TPSA) is 93.4 Å². The molecule has 0 heterocycles. The first-order chi connectivity index (χ1) is 10.0. The van der Waals surface area contributed by atoms with Crippen LogP contribution in [0.1, 0.15) is 26.2 Å². The highest BCUT2D eigenvalue weighted by Gasteiger charge is 2.30. The molecular weight excluding hydrogens is 270 g/mol. The van der Waals surface area contributed by atoms with Crippen molar-refractivity contribution in [3.05, 3.63) is 18.2 Å². The van der Waals surface area contributed by atoms with Crippen LogP contribution >= 0.6 is 0 Å². The number of ether oxygens (including phenoxy) is 1. The number of anilines is 2. The number of nitrogens with two attached hydrogens (primary N) is 1. The molecule has 0 aromatic heterocycles. The van der Waals surface area contributed by atoms with Crippen molar-refractivity contribution < 1.29 is 14.3 Å². The summed E-state index contributed by atoms with van der Waals surface area (Å²) in [4.78, 5) is 23.3. The Kier molecular flexibility index (Phi) is 4.80. The molecule has 0 saturated heterocycles. The van der Waals surface area contributed by atoms with Crippen LogP contribution < -0.4 is 21.1 Å². The monoisotopic (exact) mass is 291 g/mol. The normalized spacial score (nSPS) is 20.9. The minimum atomic E-state index is -0.179. The fourth-order valence-corrected chi connectivity index (χ4v) is 2.61. The van der Waals surface area contributed by atoms with Crippen molar-refractivity contribution in [2.45, 2.75) is 32.2 Å². The smallest absolute Gasteiger partial charge is 0.229 e. The molecule has 2 atom stereocenters. The van der Waals surface area contributed by atoms with Gasteiger partial charge in [0.05, 0.1) is 18.7 Å². The number of nitrogens with one attached hydrogen (secondary N) is 2. The third kappa shape index (κ3) is 3.72. The number of benzene rings is 1. The molecule has 1 aromatic carbocycles. The molecule has 0 radical (unpaired) electrons. The third-order valence-corrected chi connectivity index (χ3v) is 3.69. The maximum Gasteiger partial charge on any atom is 0.229 e. The van der Waals surface area contributed by atoms with Crippen molar-refractivity contribution in [3.8, 4) is 5.75 Å². The third-order valence-electron chi connectivity index (χ3n) is 3.69. The van der Waals surface area contributed by atoms with E-state index in [2.05, 4.69) is 10.6 Å². The van der Waals surface area contributed by atoms with Crippen LogP contribution in [0.15, 0.2) is 18.2 Å². The van der Waals surface area contributed by atoms with Gasteiger partial charge in [-0.15, -0.1) is 0 Å². The predicted octanol–water partition coefficient (Wildman–Crippen LogP) is 1.72. The predicted molar refractivity (Wildman–Crippen MR) is 81.2 cm³/mol. The maximum absolute atomic E-state index is 12.2. The summed E-state index contributed by atoms with van der Waals surface area (Å²) in [7, 11) is 1.51. The fraction of sp³-hybridized carbons (Fsp3) is 0.467. The van der Waals surface area contributed by atoms with Gasteiger partial charge in [-0.2, -0.15) is 0 Å². The Morgan fingerprint density at radius 2 is 2.05 bits per heavy atom. The van der Waals surface area contributed by atoms with Crippen molar-refractivity contribution >= 4 is 23.2 Å². The van der Waals surface area contributed by atoms with E-state index in [4.69, 9.17) is 10.5 Å². The second kappa shape index (κ2) is 6.58. The number of methoxy groups -OCH3 is 1. The Balaban J connectivity index is 2.10. The lowest BCUT2D eigenvalue weighted by Crippen LogP contribution is -2.34. The molecule has 1 aromatic rings. The summed E-state index contributed by atoms with van der Waals surface area (Å²) < 4.78 is 5.22. The van der Waals surface area contributed by atoms with Crippen molar-refractivity contribution in [2.75, 3.05) is 17.7 Å². The molecule has 114 valence electrons. The van der Waals surface area contributed by atoms with Gasteiger partial charge in [0.1, 0.15) is 5.75 Å². The second-order valence-electron chi connectivity index (χ2n) is 5.29. The molecule has 1 saturated carbocycles. The summed E-state index contributed by atoms with van der Waals surface area (Å²) in [6, 6.07) is 5.05. The lowest BCUT2D eigenvalue weighted by Gasteiger charge is -2.16. The van der Waals surface area contributed by atoms with Gasteiger partial charge in [-0.25, -0.2) is 0 Å². The van der Waals surface area contributed by atoms with Crippen LogP contribution in [0.3, 0.4) is 0 Å². The van der Waals surface area contributed by atoms with E-state index < -0.39 is 0 Å². The molecule has 0 spiro atoms. The van der Waals surface area contributed by atoms with Gasteiger partial charge in [0.2, 0.25) is 11.8 Å². The van der Waals surface area contributed by atoms with E-state index >= 15 is 0 Å². The zero-order valence-electron chi connectivity index (χ0n) is 12.3. The molecule has 6 heteroatoms. The van der Waals surface area contributed by atoms with E-state index in [-0.39, 0.29) is 23.8 Å². The first kappa shape index (κ1) is 15.3. The van der Waals surface area contributed by atoms with Crippen molar-refractivity contribution in [1.82, 2.24) is 0 Å². The second-order valence-corrected chi connectivity index (χ2v) is 5.29. The Morgan fingerprint density at radius 1 is 1.29 bits per heavy atom. The highest BCUT2D eigenvalue weighted by molar-refractivity contribution is 5.95. The molecular formula is C15H21N3O3. The minimum Gasteiger partial charge on any atom is -0.494 e. The Bertz CT molecular complexity index is 545. The largest absolute Gasteiger partial charge is 0.494 e. The van der Waals surface area contributed by atoms with E-state index in [1.165, 1.54) is 14.0 Å². The van der Waals surface area contributed by atoms with Crippen LogP contribution in [-0.2, 0) is 9.59 Å². The van der Waals surface area contributed by atoms with Gasteiger partial charge in [-0.05, 0) is 25.0 Å². The van der Waals surface area contributed by atoms with Gasteiger partial charge in [0.25, 0.3) is 0 Å². The number of hydrogen-bond acceptors (Lipinski definition) is 4. The van der Waals surface area contributed by atoms with Gasteiger partial charge in [-0.1, -0.05) is 6.42 Å². The van der Waals surface area contributed by atoms with Crippen LogP contribution in [0.2, 0.25) is 0 Å². The van der Waals surface area contributed by atoms with Crippen LogP contribution in [-0.4, -0.2) is 25.0 Å². The van der Waals surface area contributed by atoms with Gasteiger partial charge < -0.3 is 21.1 Å². The molecule has 4 N–H and O–H groups in total. The molecule has 1 aliphatic carbocycles. The number of amides is 2. The summed E-state index contributed by atoms with van der Waals surface area (Å²) >= 11 is 0. The van der Waals surface area contributed by atoms with Crippen LogP contribution in [0.25, 0.3) is 0 Å². The SMILES string of the molecule is COc1cc(NC(=O)C2CCCC2N)ccc1NC(C)=O. The number of rotatable bonds is 4. The first-order valence-corrected chi connectivity index (χ1v) is 7.03. The minimum absolute atomic E-state index is 0.0608. The van der Waals surface area contributed by atoms with E-state index in [0.717, 1.165) is 19.3 Å². The Hall–Kier alpha value is -2.08. The highest BCUT2D eigenvalue weighted by Crippen LogP contribution is 2.30. The number of carbonyl (C=O) groups excluding carboxylic acids is 2. The van der Waals surface area contributed by atoms with E-state index in [0.29, 0.717) is 17.1 Å². The number of carbonyl (C=O) groups is 2. The summed E-state index contributed by atoms with van der Waals surface area (Å²) in [6.45, 7) is 1.43. The Labute approximate surface area is 124 Å². The molecule has 21 heavy (non-hydrogen) atoms. The van der Waals surface area contributed by atoms with Crippen LogP contribution in [0.4, 0.5) is 11.4 Å². The lowest BCUT2D eigenvalue weighted by atomic mass is 10.0. The van der Waals surface area contributed by atoms with Gasteiger partial charge in [0.15, 0.2) is 0 Å². The van der Waals surface area contributed by atoms with E-state index in [1.54, 1.807) is 18.2 Å². The zero-order chi connectivity index (χ0) is 15.4. The molecule has 0 aliphatic heterocycles. The zero-order valence-corrected chi connectivity index (χ0v) is 12.3. The van der Waals surface area contributed by atoms with Crippen LogP contribution in [0.5, 0.6) is 5.75 Å². The molecule has 1 aliphatic rings. The molecule has 0 bridgehead atoms. The maximum atomic E-state index is 12.2. The average Bonchev–Trinajstić information content (AvgIpc) is 2.86. The van der Waals surface area contributed by atoms with Gasteiger partial charge in [-0.3, -0.25) is 9.59 Å². The van der Waals surface area contributed by atoms with Crippen molar-refractivity contribution in [1.29, 1.82) is 0 Å². The molecule has 6 nitrogen and oxygen atoms in total.